The molecular formula is C22H24N4O2. The highest BCUT2D eigenvalue weighted by atomic mass is 16.2. The lowest BCUT2D eigenvalue weighted by atomic mass is 10.1. The van der Waals surface area contributed by atoms with Crippen LogP contribution in [0.1, 0.15) is 35.6 Å². The van der Waals surface area contributed by atoms with E-state index in [1.54, 1.807) is 36.4 Å². The van der Waals surface area contributed by atoms with Crippen LogP contribution in [0.2, 0.25) is 0 Å². The molecule has 0 bridgehead atoms. The number of hydrogen-bond donors (Lipinski definition) is 2. The van der Waals surface area contributed by atoms with Gasteiger partial charge in [-0.1, -0.05) is 19.9 Å². The monoisotopic (exact) mass is 376 g/mol. The number of anilines is 2. The molecule has 0 unspecified atom stereocenters. The third-order valence-corrected chi connectivity index (χ3v) is 4.30. The van der Waals surface area contributed by atoms with Gasteiger partial charge in [-0.25, -0.2) is 4.68 Å². The molecule has 2 amide bonds. The van der Waals surface area contributed by atoms with Crippen LogP contribution in [0.5, 0.6) is 0 Å². The summed E-state index contributed by atoms with van der Waals surface area (Å²) >= 11 is 0. The zero-order chi connectivity index (χ0) is 20.3. The van der Waals surface area contributed by atoms with Gasteiger partial charge in [-0.15, -0.1) is 0 Å². The van der Waals surface area contributed by atoms with E-state index in [4.69, 9.17) is 0 Å². The number of hydrogen-bond acceptors (Lipinski definition) is 3. The van der Waals surface area contributed by atoms with Gasteiger partial charge < -0.3 is 10.6 Å². The molecule has 1 heterocycles. The van der Waals surface area contributed by atoms with Gasteiger partial charge in [-0.2, -0.15) is 5.10 Å². The van der Waals surface area contributed by atoms with E-state index in [1.807, 2.05) is 50.6 Å². The van der Waals surface area contributed by atoms with Crippen LogP contribution in [0.3, 0.4) is 0 Å². The van der Waals surface area contributed by atoms with Gasteiger partial charge in [0.25, 0.3) is 5.91 Å². The molecule has 0 radical (unpaired) electrons. The second-order valence-electron chi connectivity index (χ2n) is 7.06. The van der Waals surface area contributed by atoms with Gasteiger partial charge in [-0.05, 0) is 62.4 Å². The van der Waals surface area contributed by atoms with Gasteiger partial charge in [0.1, 0.15) is 0 Å². The van der Waals surface area contributed by atoms with Crippen molar-refractivity contribution in [2.75, 3.05) is 10.6 Å². The van der Waals surface area contributed by atoms with E-state index < -0.39 is 0 Å². The van der Waals surface area contributed by atoms with Gasteiger partial charge in [0.2, 0.25) is 5.91 Å². The Kier molecular flexibility index (Phi) is 5.59. The largest absolute Gasteiger partial charge is 0.326 e. The lowest BCUT2D eigenvalue weighted by Crippen LogP contribution is -2.18. The van der Waals surface area contributed by atoms with Crippen molar-refractivity contribution in [2.24, 2.45) is 5.92 Å². The first-order valence-corrected chi connectivity index (χ1v) is 9.19. The lowest BCUT2D eigenvalue weighted by molar-refractivity contribution is -0.118. The molecule has 0 aliphatic heterocycles. The second kappa shape index (κ2) is 8.08. The third kappa shape index (κ3) is 4.46. The van der Waals surface area contributed by atoms with E-state index >= 15 is 0 Å². The molecule has 144 valence electrons. The Bertz CT molecular complexity index is 1000. The molecule has 3 rings (SSSR count). The van der Waals surface area contributed by atoms with Crippen LogP contribution in [0.25, 0.3) is 5.69 Å². The van der Waals surface area contributed by atoms with E-state index in [1.165, 1.54) is 0 Å². The topological polar surface area (TPSA) is 76.0 Å². The SMILES string of the molecule is Cc1cc(C)n(-c2ccc(C(=O)Nc3cccc(NC(=O)C(C)C)c3)cc2)n1. The molecule has 0 fully saturated rings. The number of carbonyl (C=O) groups is 2. The van der Waals surface area contributed by atoms with Crippen molar-refractivity contribution >= 4 is 23.2 Å². The number of amides is 2. The van der Waals surface area contributed by atoms with E-state index in [2.05, 4.69) is 15.7 Å². The Hall–Kier alpha value is -3.41. The van der Waals surface area contributed by atoms with Gasteiger partial charge in [-0.3, -0.25) is 9.59 Å². The van der Waals surface area contributed by atoms with E-state index in [0.29, 0.717) is 16.9 Å². The maximum Gasteiger partial charge on any atom is 0.255 e. The van der Waals surface area contributed by atoms with Crippen molar-refractivity contribution < 1.29 is 9.59 Å². The van der Waals surface area contributed by atoms with Crippen LogP contribution in [0.15, 0.2) is 54.6 Å². The van der Waals surface area contributed by atoms with Crippen molar-refractivity contribution in [3.8, 4) is 5.69 Å². The fourth-order valence-electron chi connectivity index (χ4n) is 2.81. The van der Waals surface area contributed by atoms with Crippen molar-refractivity contribution in [1.29, 1.82) is 0 Å². The Morgan fingerprint density at radius 3 is 2.14 bits per heavy atom. The minimum Gasteiger partial charge on any atom is -0.326 e. The van der Waals surface area contributed by atoms with Crippen LogP contribution in [0.4, 0.5) is 11.4 Å². The minimum atomic E-state index is -0.216. The zero-order valence-electron chi connectivity index (χ0n) is 16.5. The van der Waals surface area contributed by atoms with Crippen molar-refractivity contribution in [3.63, 3.8) is 0 Å². The number of carbonyl (C=O) groups excluding carboxylic acids is 2. The minimum absolute atomic E-state index is 0.0665. The molecule has 0 aliphatic rings. The predicted molar refractivity (Wildman–Crippen MR) is 111 cm³/mol. The Labute approximate surface area is 164 Å². The van der Waals surface area contributed by atoms with E-state index in [0.717, 1.165) is 17.1 Å². The second-order valence-corrected chi connectivity index (χ2v) is 7.06. The summed E-state index contributed by atoms with van der Waals surface area (Å²) in [4.78, 5) is 24.4. The normalized spacial score (nSPS) is 10.8. The molecule has 0 saturated carbocycles. The molecular weight excluding hydrogens is 352 g/mol. The van der Waals surface area contributed by atoms with Crippen LogP contribution < -0.4 is 10.6 Å². The first-order valence-electron chi connectivity index (χ1n) is 9.19. The highest BCUT2D eigenvalue weighted by Crippen LogP contribution is 2.18. The van der Waals surface area contributed by atoms with Gasteiger partial charge in [0.05, 0.1) is 11.4 Å². The molecule has 0 atom stereocenters. The van der Waals surface area contributed by atoms with Gasteiger partial charge in [0.15, 0.2) is 0 Å². The number of aromatic nitrogens is 2. The van der Waals surface area contributed by atoms with E-state index in [-0.39, 0.29) is 17.7 Å². The molecule has 28 heavy (non-hydrogen) atoms. The molecule has 3 aromatic rings. The third-order valence-electron chi connectivity index (χ3n) is 4.30. The molecule has 2 aromatic carbocycles. The fraction of sp³-hybridized carbons (Fsp3) is 0.227. The Balaban J connectivity index is 1.71. The van der Waals surface area contributed by atoms with Crippen molar-refractivity contribution in [1.82, 2.24) is 9.78 Å². The van der Waals surface area contributed by atoms with Crippen LogP contribution >= 0.6 is 0 Å². The highest BCUT2D eigenvalue weighted by Gasteiger charge is 2.10. The average molecular weight is 376 g/mol. The Morgan fingerprint density at radius 2 is 1.57 bits per heavy atom. The summed E-state index contributed by atoms with van der Waals surface area (Å²) in [5.74, 6) is -0.394. The summed E-state index contributed by atoms with van der Waals surface area (Å²) in [5, 5.41) is 10.1. The van der Waals surface area contributed by atoms with Crippen molar-refractivity contribution in [2.45, 2.75) is 27.7 Å². The maximum absolute atomic E-state index is 12.6. The fourth-order valence-corrected chi connectivity index (χ4v) is 2.81. The van der Waals surface area contributed by atoms with E-state index in [9.17, 15) is 9.59 Å². The van der Waals surface area contributed by atoms with Gasteiger partial charge >= 0.3 is 0 Å². The summed E-state index contributed by atoms with van der Waals surface area (Å²) < 4.78 is 1.85. The van der Waals surface area contributed by atoms with Crippen molar-refractivity contribution in [3.05, 3.63) is 71.5 Å². The molecule has 6 nitrogen and oxygen atoms in total. The summed E-state index contributed by atoms with van der Waals surface area (Å²) in [6.07, 6.45) is 0. The first kappa shape index (κ1) is 19.4. The number of benzene rings is 2. The molecule has 0 saturated heterocycles. The lowest BCUT2D eigenvalue weighted by Gasteiger charge is -2.11. The smallest absolute Gasteiger partial charge is 0.255 e. The average Bonchev–Trinajstić information content (AvgIpc) is 3.00. The summed E-state index contributed by atoms with van der Waals surface area (Å²) in [6, 6.07) is 16.4. The standard InChI is InChI=1S/C22H24N4O2/c1-14(2)21(27)23-18-6-5-7-19(13-18)24-22(28)17-8-10-20(11-9-17)26-16(4)12-15(3)25-26/h5-14H,1-4H3,(H,23,27)(H,24,28). The molecule has 0 aliphatic carbocycles. The quantitative estimate of drug-likeness (QED) is 0.696. The zero-order valence-corrected chi connectivity index (χ0v) is 16.5. The molecule has 6 heteroatoms. The number of nitrogens with one attached hydrogen (secondary N) is 2. The summed E-state index contributed by atoms with van der Waals surface area (Å²) in [5.41, 5.74) is 4.70. The number of rotatable bonds is 5. The highest BCUT2D eigenvalue weighted by molar-refractivity contribution is 6.04. The number of aryl methyl sites for hydroxylation is 2. The predicted octanol–water partition coefficient (Wildman–Crippen LogP) is 4.34. The maximum atomic E-state index is 12.6. The van der Waals surface area contributed by atoms with Gasteiger partial charge in [0, 0.05) is 28.6 Å². The Morgan fingerprint density at radius 1 is 0.929 bits per heavy atom. The van der Waals surface area contributed by atoms with Crippen LogP contribution in [-0.4, -0.2) is 21.6 Å². The molecule has 2 N–H and O–H groups in total. The summed E-state index contributed by atoms with van der Waals surface area (Å²) in [7, 11) is 0. The summed E-state index contributed by atoms with van der Waals surface area (Å²) in [6.45, 7) is 7.60. The molecule has 1 aromatic heterocycles. The first-order chi connectivity index (χ1) is 13.3. The number of nitrogens with zero attached hydrogens (tertiary/aromatic N) is 2. The van der Waals surface area contributed by atoms with Crippen LogP contribution in [-0.2, 0) is 4.79 Å². The van der Waals surface area contributed by atoms with Crippen LogP contribution in [0, 0.1) is 19.8 Å². The molecule has 0 spiro atoms.